The third-order valence-corrected chi connectivity index (χ3v) is 12.8. The molecule has 6 aromatic carbocycles. The molecule has 0 atom stereocenters. The summed E-state index contributed by atoms with van der Waals surface area (Å²) in [5.74, 6) is 1.60. The zero-order chi connectivity index (χ0) is 43.7. The van der Waals surface area contributed by atoms with Crippen molar-refractivity contribution in [2.75, 3.05) is 50.4 Å². The molecule has 2 fully saturated rings. The SMILES string of the molecule is Cc1ccc(C(=O)Nc2ccc(-c3ccc(OC4CCN(CCCc5cc(C(=O)Nc6ccc(-c7ccc(OC8CCN(C)CC8)cc7)cc6)ccc5C)CC4)cc3)cc2)cc1C. The summed E-state index contributed by atoms with van der Waals surface area (Å²) >= 11 is 0. The smallest absolute Gasteiger partial charge is 0.255 e. The van der Waals surface area contributed by atoms with Crippen molar-refractivity contribution < 1.29 is 19.1 Å². The van der Waals surface area contributed by atoms with Crippen molar-refractivity contribution in [1.82, 2.24) is 9.80 Å². The summed E-state index contributed by atoms with van der Waals surface area (Å²) in [5, 5.41) is 6.11. The van der Waals surface area contributed by atoms with E-state index in [4.69, 9.17) is 9.47 Å². The Kier molecular flexibility index (Phi) is 14.0. The summed E-state index contributed by atoms with van der Waals surface area (Å²) in [4.78, 5) is 31.0. The lowest BCUT2D eigenvalue weighted by atomic mass is 9.99. The normalized spacial score (nSPS) is 15.2. The molecule has 0 spiro atoms. The predicted molar refractivity (Wildman–Crippen MR) is 256 cm³/mol. The monoisotopic (exact) mass is 840 g/mol. The van der Waals surface area contributed by atoms with Crippen molar-refractivity contribution in [3.05, 3.63) is 167 Å². The van der Waals surface area contributed by atoms with E-state index in [0.29, 0.717) is 11.1 Å². The summed E-state index contributed by atoms with van der Waals surface area (Å²) in [6, 6.07) is 44.4. The zero-order valence-corrected chi connectivity index (χ0v) is 37.2. The van der Waals surface area contributed by atoms with Crippen molar-refractivity contribution >= 4 is 23.2 Å². The number of carbonyl (C=O) groups excluding carboxylic acids is 2. The van der Waals surface area contributed by atoms with Gasteiger partial charge in [-0.1, -0.05) is 60.7 Å². The molecule has 2 aliphatic rings. The maximum atomic E-state index is 13.3. The number of ether oxygens (including phenoxy) is 2. The largest absolute Gasteiger partial charge is 0.490 e. The summed E-state index contributed by atoms with van der Waals surface area (Å²) in [6.45, 7) is 11.4. The van der Waals surface area contributed by atoms with Crippen LogP contribution in [0.2, 0.25) is 0 Å². The van der Waals surface area contributed by atoms with Crippen LogP contribution in [-0.4, -0.2) is 73.6 Å². The molecule has 2 heterocycles. The Balaban J connectivity index is 0.749. The van der Waals surface area contributed by atoms with Gasteiger partial charge in [-0.15, -0.1) is 0 Å². The Morgan fingerprint density at radius 3 is 1.43 bits per heavy atom. The van der Waals surface area contributed by atoms with Crippen LogP contribution >= 0.6 is 0 Å². The molecule has 63 heavy (non-hydrogen) atoms. The first-order chi connectivity index (χ1) is 30.6. The molecule has 0 unspecified atom stereocenters. The summed E-state index contributed by atoms with van der Waals surface area (Å²) in [5.41, 5.74) is 12.0. The second-order valence-corrected chi connectivity index (χ2v) is 17.4. The van der Waals surface area contributed by atoms with E-state index in [1.54, 1.807) is 0 Å². The van der Waals surface area contributed by atoms with Gasteiger partial charge in [-0.3, -0.25) is 9.59 Å². The third kappa shape index (κ3) is 11.6. The van der Waals surface area contributed by atoms with E-state index in [9.17, 15) is 9.59 Å². The van der Waals surface area contributed by atoms with Crippen LogP contribution in [-0.2, 0) is 6.42 Å². The average molecular weight is 841 g/mol. The Hall–Kier alpha value is -6.22. The summed E-state index contributed by atoms with van der Waals surface area (Å²) < 4.78 is 12.6. The molecule has 2 aliphatic heterocycles. The first-order valence-corrected chi connectivity index (χ1v) is 22.6. The number of nitrogens with one attached hydrogen (secondary N) is 2. The van der Waals surface area contributed by atoms with E-state index >= 15 is 0 Å². The van der Waals surface area contributed by atoms with Crippen LogP contribution in [0.1, 0.15) is 75.1 Å². The lowest BCUT2D eigenvalue weighted by Gasteiger charge is -2.32. The highest BCUT2D eigenvalue weighted by Gasteiger charge is 2.21. The minimum Gasteiger partial charge on any atom is -0.490 e. The van der Waals surface area contributed by atoms with E-state index in [0.717, 1.165) is 122 Å². The predicted octanol–water partition coefficient (Wildman–Crippen LogP) is 11.4. The molecule has 0 aliphatic carbocycles. The maximum absolute atomic E-state index is 13.3. The molecule has 324 valence electrons. The molecular weight excluding hydrogens is 781 g/mol. The number of benzene rings is 6. The molecule has 8 nitrogen and oxygen atoms in total. The Bertz CT molecular complexity index is 2470. The number of anilines is 2. The van der Waals surface area contributed by atoms with Gasteiger partial charge >= 0.3 is 0 Å². The number of aryl methyl sites for hydroxylation is 4. The van der Waals surface area contributed by atoms with Crippen molar-refractivity contribution in [2.45, 2.75) is 71.5 Å². The highest BCUT2D eigenvalue weighted by molar-refractivity contribution is 6.05. The molecule has 2 saturated heterocycles. The van der Waals surface area contributed by atoms with Gasteiger partial charge in [0.15, 0.2) is 0 Å². The van der Waals surface area contributed by atoms with Gasteiger partial charge in [-0.05, 0) is 190 Å². The lowest BCUT2D eigenvalue weighted by Crippen LogP contribution is -2.38. The Labute approximate surface area is 373 Å². The molecule has 8 heteroatoms. The molecule has 0 saturated carbocycles. The molecule has 0 aromatic heterocycles. The van der Waals surface area contributed by atoms with Crippen LogP contribution in [0.4, 0.5) is 11.4 Å². The second-order valence-electron chi connectivity index (χ2n) is 17.4. The van der Waals surface area contributed by atoms with Gasteiger partial charge in [0.2, 0.25) is 0 Å². The number of piperidine rings is 2. The van der Waals surface area contributed by atoms with Crippen molar-refractivity contribution in [3.8, 4) is 33.8 Å². The van der Waals surface area contributed by atoms with Gasteiger partial charge in [0.1, 0.15) is 23.7 Å². The molecule has 8 rings (SSSR count). The molecule has 2 N–H and O–H groups in total. The number of amides is 2. The molecule has 0 radical (unpaired) electrons. The third-order valence-electron chi connectivity index (χ3n) is 12.8. The first-order valence-electron chi connectivity index (χ1n) is 22.6. The number of nitrogens with zero attached hydrogens (tertiary/aromatic N) is 2. The quantitative estimate of drug-likeness (QED) is 0.114. The van der Waals surface area contributed by atoms with E-state index in [2.05, 4.69) is 107 Å². The van der Waals surface area contributed by atoms with Crippen LogP contribution in [0, 0.1) is 20.8 Å². The van der Waals surface area contributed by atoms with Crippen molar-refractivity contribution in [1.29, 1.82) is 0 Å². The highest BCUT2D eigenvalue weighted by atomic mass is 16.5. The van der Waals surface area contributed by atoms with Crippen LogP contribution in [0.15, 0.2) is 133 Å². The number of hydrogen-bond acceptors (Lipinski definition) is 6. The van der Waals surface area contributed by atoms with E-state index < -0.39 is 0 Å². The fourth-order valence-corrected chi connectivity index (χ4v) is 8.55. The second kappa shape index (κ2) is 20.3. The minimum absolute atomic E-state index is 0.0960. The van der Waals surface area contributed by atoms with E-state index in [1.807, 2.05) is 74.5 Å². The van der Waals surface area contributed by atoms with E-state index in [1.165, 1.54) is 16.7 Å². The van der Waals surface area contributed by atoms with Crippen LogP contribution in [0.25, 0.3) is 22.3 Å². The fraction of sp³-hybridized carbons (Fsp3) is 0.309. The van der Waals surface area contributed by atoms with Gasteiger partial charge in [0.25, 0.3) is 11.8 Å². The molecule has 0 bridgehead atoms. The number of likely N-dealkylation sites (tertiary alicyclic amines) is 2. The number of rotatable bonds is 14. The van der Waals surface area contributed by atoms with Gasteiger partial charge in [-0.25, -0.2) is 0 Å². The molecular formula is C55H60N4O4. The minimum atomic E-state index is -0.108. The maximum Gasteiger partial charge on any atom is 0.255 e. The Morgan fingerprint density at radius 1 is 0.524 bits per heavy atom. The standard InChI is InChI=1S/C55H60N4O4/c1-38-7-9-46(36-40(38)3)54(60)56-48-19-11-41(12-20-48)44-17-25-51(26-18-44)63-53-29-34-59(35-30-53)31-5-6-45-37-47(10-8-39(45)2)55(61)57-49-21-13-42(14-22-49)43-15-23-50(24-16-43)62-52-27-32-58(4)33-28-52/h7-26,36-37,52-53H,5-6,27-35H2,1-4H3,(H,56,60)(H,57,61). The zero-order valence-electron chi connectivity index (χ0n) is 37.2. The van der Waals surface area contributed by atoms with Crippen molar-refractivity contribution in [3.63, 3.8) is 0 Å². The van der Waals surface area contributed by atoms with Crippen LogP contribution < -0.4 is 20.1 Å². The molecule has 2 amide bonds. The highest BCUT2D eigenvalue weighted by Crippen LogP contribution is 2.28. The lowest BCUT2D eigenvalue weighted by molar-refractivity contribution is 0.0999. The van der Waals surface area contributed by atoms with Gasteiger partial charge in [-0.2, -0.15) is 0 Å². The van der Waals surface area contributed by atoms with Crippen molar-refractivity contribution in [2.24, 2.45) is 0 Å². The van der Waals surface area contributed by atoms with Gasteiger partial charge in [0.05, 0.1) is 0 Å². The first kappa shape index (κ1) is 43.4. The average Bonchev–Trinajstić information content (AvgIpc) is 3.30. The van der Waals surface area contributed by atoms with Gasteiger partial charge in [0, 0.05) is 48.7 Å². The topological polar surface area (TPSA) is 83.1 Å². The van der Waals surface area contributed by atoms with E-state index in [-0.39, 0.29) is 24.0 Å². The molecule has 6 aromatic rings. The van der Waals surface area contributed by atoms with Crippen LogP contribution in [0.3, 0.4) is 0 Å². The number of hydrogen-bond donors (Lipinski definition) is 2. The summed E-state index contributed by atoms with van der Waals surface area (Å²) in [7, 11) is 2.16. The Morgan fingerprint density at radius 2 is 0.952 bits per heavy atom. The fourth-order valence-electron chi connectivity index (χ4n) is 8.55. The van der Waals surface area contributed by atoms with Crippen LogP contribution in [0.5, 0.6) is 11.5 Å². The number of carbonyl (C=O) groups is 2. The summed E-state index contributed by atoms with van der Waals surface area (Å²) in [6.07, 6.45) is 6.55. The van der Waals surface area contributed by atoms with Gasteiger partial charge < -0.3 is 29.9 Å².